The first-order chi connectivity index (χ1) is 8.42. The molecule has 5 heteroatoms. The summed E-state index contributed by atoms with van der Waals surface area (Å²) in [4.78, 5) is 8.79. The fraction of sp³-hybridized carbons (Fsp3) is 0. The molecule has 1 aromatic carbocycles. The first kappa shape index (κ1) is 9.65. The minimum atomic E-state index is 0.764. The number of para-hydroxylation sites is 2. The smallest absolute Gasteiger partial charge is 0.105 e. The number of benzene rings is 1. The average Bonchev–Trinajstić information content (AvgIpc) is 2.89. The van der Waals surface area contributed by atoms with Crippen molar-refractivity contribution in [3.63, 3.8) is 0 Å². The zero-order valence-electron chi connectivity index (χ0n) is 8.91. The van der Waals surface area contributed by atoms with Gasteiger partial charge in [-0.1, -0.05) is 12.1 Å². The number of hydrogen-bond acceptors (Lipinski definition) is 4. The van der Waals surface area contributed by atoms with Crippen LogP contribution in [0, 0.1) is 0 Å². The lowest BCUT2D eigenvalue weighted by Gasteiger charge is -1.96. The molecule has 0 atom stereocenters. The van der Waals surface area contributed by atoms with Gasteiger partial charge in [0.15, 0.2) is 0 Å². The second kappa shape index (κ2) is 4.13. The molecule has 1 N–H and O–H groups in total. The van der Waals surface area contributed by atoms with E-state index in [-0.39, 0.29) is 0 Å². The summed E-state index contributed by atoms with van der Waals surface area (Å²) in [5.74, 6) is 0. The van der Waals surface area contributed by atoms with Gasteiger partial charge in [-0.05, 0) is 24.3 Å². The Morgan fingerprint density at radius 2 is 1.76 bits per heavy atom. The van der Waals surface area contributed by atoms with E-state index in [1.165, 1.54) is 0 Å². The number of rotatable bonds is 2. The van der Waals surface area contributed by atoms with E-state index in [0.29, 0.717) is 0 Å². The van der Waals surface area contributed by atoms with Crippen LogP contribution in [0.4, 0.5) is 0 Å². The SMILES string of the molecule is C(=Cc1cnc2ccccc2n1)c1cn[nH]n1. The highest BCUT2D eigenvalue weighted by Crippen LogP contribution is 2.10. The molecular formula is C12H9N5. The van der Waals surface area contributed by atoms with Crippen molar-refractivity contribution in [2.75, 3.05) is 0 Å². The largest absolute Gasteiger partial charge is 0.252 e. The van der Waals surface area contributed by atoms with Crippen molar-refractivity contribution in [1.29, 1.82) is 0 Å². The van der Waals surface area contributed by atoms with Crippen LogP contribution in [0.2, 0.25) is 0 Å². The summed E-state index contributed by atoms with van der Waals surface area (Å²) in [6.45, 7) is 0. The average molecular weight is 223 g/mol. The molecule has 5 nitrogen and oxygen atoms in total. The van der Waals surface area contributed by atoms with E-state index in [9.17, 15) is 0 Å². The number of aromatic amines is 1. The molecule has 2 heterocycles. The Morgan fingerprint density at radius 1 is 0.941 bits per heavy atom. The van der Waals surface area contributed by atoms with Crippen molar-refractivity contribution >= 4 is 23.2 Å². The standard InChI is InChI=1S/C12H9N5/c1-2-4-12-11(3-1)13-7-9(15-12)5-6-10-8-14-17-16-10/h1-8H,(H,14,16,17). The highest BCUT2D eigenvalue weighted by atomic mass is 15.3. The van der Waals surface area contributed by atoms with Crippen molar-refractivity contribution in [3.05, 3.63) is 48.0 Å². The Labute approximate surface area is 97.2 Å². The molecular weight excluding hydrogens is 214 g/mol. The van der Waals surface area contributed by atoms with E-state index in [1.807, 2.05) is 36.4 Å². The van der Waals surface area contributed by atoms with Crippen molar-refractivity contribution in [1.82, 2.24) is 25.4 Å². The first-order valence-corrected chi connectivity index (χ1v) is 5.17. The van der Waals surface area contributed by atoms with Crippen LogP contribution in [-0.4, -0.2) is 25.4 Å². The number of nitrogens with one attached hydrogen (secondary N) is 1. The zero-order valence-corrected chi connectivity index (χ0v) is 8.91. The Hall–Kier alpha value is -2.56. The molecule has 0 saturated heterocycles. The Morgan fingerprint density at radius 3 is 2.59 bits per heavy atom. The molecule has 0 aliphatic heterocycles. The molecule has 0 aliphatic rings. The molecule has 17 heavy (non-hydrogen) atoms. The second-order valence-corrected chi connectivity index (χ2v) is 3.51. The first-order valence-electron chi connectivity index (χ1n) is 5.17. The summed E-state index contributed by atoms with van der Waals surface area (Å²) in [6.07, 6.45) is 7.07. The van der Waals surface area contributed by atoms with Gasteiger partial charge in [0.05, 0.1) is 29.1 Å². The molecule has 0 bridgehead atoms. The lowest BCUT2D eigenvalue weighted by atomic mass is 10.3. The third-order valence-corrected chi connectivity index (χ3v) is 2.33. The van der Waals surface area contributed by atoms with E-state index in [4.69, 9.17) is 0 Å². The lowest BCUT2D eigenvalue weighted by Crippen LogP contribution is -1.86. The quantitative estimate of drug-likeness (QED) is 0.720. The molecule has 0 amide bonds. The predicted molar refractivity (Wildman–Crippen MR) is 64.8 cm³/mol. The van der Waals surface area contributed by atoms with Crippen molar-refractivity contribution in [2.24, 2.45) is 0 Å². The summed E-state index contributed by atoms with van der Waals surface area (Å²) >= 11 is 0. The molecule has 0 radical (unpaired) electrons. The van der Waals surface area contributed by atoms with Crippen molar-refractivity contribution in [2.45, 2.75) is 0 Å². The van der Waals surface area contributed by atoms with E-state index in [0.717, 1.165) is 22.4 Å². The molecule has 3 aromatic rings. The third kappa shape index (κ3) is 2.03. The molecule has 82 valence electrons. The molecule has 0 unspecified atom stereocenters. The Balaban J connectivity index is 1.96. The van der Waals surface area contributed by atoms with Crippen molar-refractivity contribution in [3.8, 4) is 0 Å². The minimum absolute atomic E-state index is 0.764. The Bertz CT molecular complexity index is 657. The molecule has 0 spiro atoms. The minimum Gasteiger partial charge on any atom is -0.252 e. The third-order valence-electron chi connectivity index (χ3n) is 2.33. The fourth-order valence-electron chi connectivity index (χ4n) is 1.51. The fourth-order valence-corrected chi connectivity index (χ4v) is 1.51. The maximum Gasteiger partial charge on any atom is 0.105 e. The number of hydrogen-bond donors (Lipinski definition) is 1. The summed E-state index contributed by atoms with van der Waals surface area (Å²) in [6, 6.07) is 7.77. The van der Waals surface area contributed by atoms with E-state index < -0.39 is 0 Å². The van der Waals surface area contributed by atoms with Gasteiger partial charge in [-0.15, -0.1) is 0 Å². The Kier molecular flexibility index (Phi) is 2.34. The summed E-state index contributed by atoms with van der Waals surface area (Å²) < 4.78 is 0. The summed E-state index contributed by atoms with van der Waals surface area (Å²) in [5, 5.41) is 10.2. The van der Waals surface area contributed by atoms with Gasteiger partial charge in [-0.2, -0.15) is 15.4 Å². The maximum atomic E-state index is 4.47. The number of nitrogens with zero attached hydrogens (tertiary/aromatic N) is 4. The van der Waals surface area contributed by atoms with Crippen molar-refractivity contribution < 1.29 is 0 Å². The highest BCUT2D eigenvalue weighted by Gasteiger charge is 1.96. The number of aromatic nitrogens is 5. The molecule has 3 rings (SSSR count). The van der Waals surface area contributed by atoms with Crippen LogP contribution in [0.1, 0.15) is 11.4 Å². The van der Waals surface area contributed by atoms with E-state index >= 15 is 0 Å². The van der Waals surface area contributed by atoms with Gasteiger partial charge in [-0.25, -0.2) is 4.98 Å². The molecule has 0 fully saturated rings. The normalized spacial score (nSPS) is 11.3. The predicted octanol–water partition coefficient (Wildman–Crippen LogP) is 1.92. The van der Waals surface area contributed by atoms with Gasteiger partial charge in [0, 0.05) is 0 Å². The van der Waals surface area contributed by atoms with Gasteiger partial charge >= 0.3 is 0 Å². The van der Waals surface area contributed by atoms with Crippen LogP contribution >= 0.6 is 0 Å². The summed E-state index contributed by atoms with van der Waals surface area (Å²) in [7, 11) is 0. The van der Waals surface area contributed by atoms with Gasteiger partial charge in [0.2, 0.25) is 0 Å². The lowest BCUT2D eigenvalue weighted by molar-refractivity contribution is 0.937. The monoisotopic (exact) mass is 223 g/mol. The maximum absolute atomic E-state index is 4.47. The van der Waals surface area contributed by atoms with Crippen LogP contribution in [0.15, 0.2) is 36.7 Å². The van der Waals surface area contributed by atoms with E-state index in [1.54, 1.807) is 12.4 Å². The van der Waals surface area contributed by atoms with Gasteiger partial charge < -0.3 is 0 Å². The second-order valence-electron chi connectivity index (χ2n) is 3.51. The van der Waals surface area contributed by atoms with Crippen LogP contribution in [0.3, 0.4) is 0 Å². The number of H-pyrrole nitrogens is 1. The molecule has 0 aliphatic carbocycles. The number of fused-ring (bicyclic) bond motifs is 1. The van der Waals surface area contributed by atoms with Crippen LogP contribution in [0.5, 0.6) is 0 Å². The van der Waals surface area contributed by atoms with Gasteiger partial charge in [0.25, 0.3) is 0 Å². The molecule has 2 aromatic heterocycles. The molecule has 0 saturated carbocycles. The topological polar surface area (TPSA) is 67.3 Å². The summed E-state index contributed by atoms with van der Waals surface area (Å²) in [5.41, 5.74) is 3.34. The van der Waals surface area contributed by atoms with Crippen LogP contribution < -0.4 is 0 Å². The zero-order chi connectivity index (χ0) is 11.5. The van der Waals surface area contributed by atoms with Crippen LogP contribution in [0.25, 0.3) is 23.2 Å². The van der Waals surface area contributed by atoms with Crippen LogP contribution in [-0.2, 0) is 0 Å². The van der Waals surface area contributed by atoms with Gasteiger partial charge in [0.1, 0.15) is 5.69 Å². The van der Waals surface area contributed by atoms with E-state index in [2.05, 4.69) is 25.4 Å². The highest BCUT2D eigenvalue weighted by molar-refractivity contribution is 5.76. The van der Waals surface area contributed by atoms with Gasteiger partial charge in [-0.3, -0.25) is 4.98 Å².